The van der Waals surface area contributed by atoms with Crippen molar-refractivity contribution in [2.75, 3.05) is 0 Å². The van der Waals surface area contributed by atoms with E-state index in [2.05, 4.69) is 0 Å². The molecule has 1 unspecified atom stereocenters. The molecule has 0 amide bonds. The number of aliphatic hydroxyl groups is 1. The maximum atomic E-state index is 13.4. The standard InChI is InChI=1S/C13H13FO2/c1-9-6-7-16-13(9)12(15)8-10-4-2-3-5-11(10)14/h2-7,12,15H,8H2,1H3. The Morgan fingerprint density at radius 2 is 2.06 bits per heavy atom. The second kappa shape index (κ2) is 4.49. The van der Waals surface area contributed by atoms with Crippen LogP contribution in [0.15, 0.2) is 41.0 Å². The van der Waals surface area contributed by atoms with Gasteiger partial charge in [0.25, 0.3) is 0 Å². The summed E-state index contributed by atoms with van der Waals surface area (Å²) < 4.78 is 18.5. The average Bonchev–Trinajstić information content (AvgIpc) is 2.68. The van der Waals surface area contributed by atoms with Crippen molar-refractivity contribution >= 4 is 0 Å². The second-order valence-corrected chi connectivity index (χ2v) is 3.78. The van der Waals surface area contributed by atoms with Crippen molar-refractivity contribution in [2.24, 2.45) is 0 Å². The highest BCUT2D eigenvalue weighted by Crippen LogP contribution is 2.23. The molecule has 2 aromatic rings. The highest BCUT2D eigenvalue weighted by molar-refractivity contribution is 5.22. The van der Waals surface area contributed by atoms with Crippen LogP contribution in [-0.4, -0.2) is 5.11 Å². The zero-order valence-corrected chi connectivity index (χ0v) is 8.98. The molecule has 2 rings (SSSR count). The van der Waals surface area contributed by atoms with Gasteiger partial charge < -0.3 is 9.52 Å². The fourth-order valence-corrected chi connectivity index (χ4v) is 1.69. The number of furan rings is 1. The molecule has 0 aliphatic heterocycles. The van der Waals surface area contributed by atoms with E-state index in [1.807, 2.05) is 6.92 Å². The molecule has 1 atom stereocenters. The largest absolute Gasteiger partial charge is 0.466 e. The van der Waals surface area contributed by atoms with E-state index in [9.17, 15) is 9.50 Å². The minimum absolute atomic E-state index is 0.223. The van der Waals surface area contributed by atoms with Gasteiger partial charge in [-0.05, 0) is 30.2 Å². The van der Waals surface area contributed by atoms with Gasteiger partial charge in [0.1, 0.15) is 17.7 Å². The molecule has 1 aromatic heterocycles. The zero-order chi connectivity index (χ0) is 11.5. The van der Waals surface area contributed by atoms with Crippen molar-refractivity contribution in [2.45, 2.75) is 19.4 Å². The Kier molecular flexibility index (Phi) is 3.06. The predicted molar refractivity (Wildman–Crippen MR) is 58.5 cm³/mol. The number of aryl methyl sites for hydroxylation is 1. The summed E-state index contributed by atoms with van der Waals surface area (Å²) >= 11 is 0. The highest BCUT2D eigenvalue weighted by Gasteiger charge is 2.16. The Morgan fingerprint density at radius 3 is 2.69 bits per heavy atom. The monoisotopic (exact) mass is 220 g/mol. The van der Waals surface area contributed by atoms with Crippen LogP contribution in [0, 0.1) is 12.7 Å². The number of benzene rings is 1. The van der Waals surface area contributed by atoms with Crippen LogP contribution in [-0.2, 0) is 6.42 Å². The lowest BCUT2D eigenvalue weighted by Crippen LogP contribution is -2.03. The lowest BCUT2D eigenvalue weighted by atomic mass is 10.0. The van der Waals surface area contributed by atoms with E-state index >= 15 is 0 Å². The van der Waals surface area contributed by atoms with Crippen molar-refractivity contribution < 1.29 is 13.9 Å². The molecule has 0 fully saturated rings. The first-order chi connectivity index (χ1) is 7.68. The van der Waals surface area contributed by atoms with Crippen LogP contribution in [0.3, 0.4) is 0 Å². The van der Waals surface area contributed by atoms with Crippen LogP contribution in [0.1, 0.15) is 23.0 Å². The van der Waals surface area contributed by atoms with Crippen molar-refractivity contribution in [1.29, 1.82) is 0 Å². The number of rotatable bonds is 3. The van der Waals surface area contributed by atoms with Gasteiger partial charge in [0, 0.05) is 6.42 Å². The van der Waals surface area contributed by atoms with Gasteiger partial charge in [-0.1, -0.05) is 18.2 Å². The van der Waals surface area contributed by atoms with E-state index in [4.69, 9.17) is 4.42 Å². The molecule has 84 valence electrons. The second-order valence-electron chi connectivity index (χ2n) is 3.78. The molecule has 3 heteroatoms. The first kappa shape index (κ1) is 10.9. The van der Waals surface area contributed by atoms with E-state index in [0.717, 1.165) is 5.56 Å². The predicted octanol–water partition coefficient (Wildman–Crippen LogP) is 3.00. The summed E-state index contributed by atoms with van der Waals surface area (Å²) in [6.07, 6.45) is 0.947. The normalized spacial score (nSPS) is 12.7. The zero-order valence-electron chi connectivity index (χ0n) is 8.98. The van der Waals surface area contributed by atoms with Crippen molar-refractivity contribution in [3.8, 4) is 0 Å². The van der Waals surface area contributed by atoms with Crippen molar-refractivity contribution in [3.05, 3.63) is 59.3 Å². The lowest BCUT2D eigenvalue weighted by molar-refractivity contribution is 0.148. The third-order valence-corrected chi connectivity index (χ3v) is 2.58. The first-order valence-electron chi connectivity index (χ1n) is 5.14. The number of halogens is 1. The summed E-state index contributed by atoms with van der Waals surface area (Å²) in [6.45, 7) is 1.85. The van der Waals surface area contributed by atoms with Gasteiger partial charge in [-0.3, -0.25) is 0 Å². The Balaban J connectivity index is 2.17. The third-order valence-electron chi connectivity index (χ3n) is 2.58. The Morgan fingerprint density at radius 1 is 1.31 bits per heavy atom. The lowest BCUT2D eigenvalue weighted by Gasteiger charge is -2.09. The van der Waals surface area contributed by atoms with Gasteiger partial charge in [0.05, 0.1) is 6.26 Å². The van der Waals surface area contributed by atoms with Crippen LogP contribution in [0.5, 0.6) is 0 Å². The molecule has 0 saturated carbocycles. The minimum Gasteiger partial charge on any atom is -0.466 e. The molecule has 0 saturated heterocycles. The number of hydrogen-bond acceptors (Lipinski definition) is 2. The van der Waals surface area contributed by atoms with E-state index in [1.165, 1.54) is 12.3 Å². The van der Waals surface area contributed by atoms with Gasteiger partial charge in [0.15, 0.2) is 0 Å². The molecule has 16 heavy (non-hydrogen) atoms. The van der Waals surface area contributed by atoms with Crippen LogP contribution >= 0.6 is 0 Å². The quantitative estimate of drug-likeness (QED) is 0.862. The molecule has 0 aliphatic rings. The van der Waals surface area contributed by atoms with Crippen molar-refractivity contribution in [1.82, 2.24) is 0 Å². The molecular weight excluding hydrogens is 207 g/mol. The Labute approximate surface area is 93.3 Å². The van der Waals surface area contributed by atoms with Gasteiger partial charge >= 0.3 is 0 Å². The Bertz CT molecular complexity index is 476. The van der Waals surface area contributed by atoms with E-state index in [-0.39, 0.29) is 12.2 Å². The summed E-state index contributed by atoms with van der Waals surface area (Å²) in [7, 11) is 0. The molecule has 1 aromatic carbocycles. The van der Waals surface area contributed by atoms with E-state index in [0.29, 0.717) is 11.3 Å². The van der Waals surface area contributed by atoms with Gasteiger partial charge in [-0.2, -0.15) is 0 Å². The summed E-state index contributed by atoms with van der Waals surface area (Å²) in [6, 6.07) is 8.21. The van der Waals surface area contributed by atoms with Crippen LogP contribution in [0.25, 0.3) is 0 Å². The molecule has 1 N–H and O–H groups in total. The smallest absolute Gasteiger partial charge is 0.135 e. The first-order valence-corrected chi connectivity index (χ1v) is 5.14. The highest BCUT2D eigenvalue weighted by atomic mass is 19.1. The van der Waals surface area contributed by atoms with E-state index < -0.39 is 6.10 Å². The molecule has 0 aliphatic carbocycles. The van der Waals surface area contributed by atoms with E-state index in [1.54, 1.807) is 24.3 Å². The SMILES string of the molecule is Cc1ccoc1C(O)Cc1ccccc1F. The summed E-state index contributed by atoms with van der Waals surface area (Å²) in [5.41, 5.74) is 1.37. The van der Waals surface area contributed by atoms with Gasteiger partial charge in [-0.15, -0.1) is 0 Å². The van der Waals surface area contributed by atoms with Crippen LogP contribution in [0.2, 0.25) is 0 Å². The molecule has 0 bridgehead atoms. The fourth-order valence-electron chi connectivity index (χ4n) is 1.69. The average molecular weight is 220 g/mol. The number of hydrogen-bond donors (Lipinski definition) is 1. The summed E-state index contributed by atoms with van der Waals surface area (Å²) in [5.74, 6) is 0.203. The van der Waals surface area contributed by atoms with Gasteiger partial charge in [-0.25, -0.2) is 4.39 Å². The van der Waals surface area contributed by atoms with Crippen molar-refractivity contribution in [3.63, 3.8) is 0 Å². The molecular formula is C13H13FO2. The summed E-state index contributed by atoms with van der Waals surface area (Å²) in [5, 5.41) is 9.91. The maximum absolute atomic E-state index is 13.4. The molecule has 2 nitrogen and oxygen atoms in total. The molecule has 0 spiro atoms. The minimum atomic E-state index is -0.799. The number of aliphatic hydroxyl groups excluding tert-OH is 1. The summed E-state index contributed by atoms with van der Waals surface area (Å²) in [4.78, 5) is 0. The van der Waals surface area contributed by atoms with Crippen LogP contribution in [0.4, 0.5) is 4.39 Å². The topological polar surface area (TPSA) is 33.4 Å². The fraction of sp³-hybridized carbons (Fsp3) is 0.231. The van der Waals surface area contributed by atoms with Gasteiger partial charge in [0.2, 0.25) is 0 Å². The third kappa shape index (κ3) is 2.14. The molecule has 0 radical (unpaired) electrons. The Hall–Kier alpha value is -1.61. The van der Waals surface area contributed by atoms with Crippen LogP contribution < -0.4 is 0 Å². The molecule has 1 heterocycles. The maximum Gasteiger partial charge on any atom is 0.135 e.